The number of fused-ring (bicyclic) bond motifs is 1. The topological polar surface area (TPSA) is 49.4 Å². The van der Waals surface area contributed by atoms with Crippen LogP contribution in [0.3, 0.4) is 0 Å². The highest BCUT2D eigenvalue weighted by Crippen LogP contribution is 2.32. The standard InChI is InChI=1S/C20H19ClN2O2/c1-14(24)23-10-9-16-6-2-3-8-18(16)19(23)12-20(25)22-13-15-5-4-7-17(21)11-15/h2-11,19H,12-13H2,1H3,(H,22,25). The third-order valence-electron chi connectivity index (χ3n) is 4.23. The molecular formula is C20H19ClN2O2. The van der Waals surface area contributed by atoms with Crippen LogP contribution in [0.25, 0.3) is 6.08 Å². The van der Waals surface area contributed by atoms with Gasteiger partial charge in [0, 0.05) is 24.7 Å². The summed E-state index contributed by atoms with van der Waals surface area (Å²) < 4.78 is 0. The van der Waals surface area contributed by atoms with E-state index in [0.717, 1.165) is 16.7 Å². The summed E-state index contributed by atoms with van der Waals surface area (Å²) >= 11 is 5.96. The molecule has 4 nitrogen and oxygen atoms in total. The average Bonchev–Trinajstić information content (AvgIpc) is 2.60. The van der Waals surface area contributed by atoms with Crippen molar-refractivity contribution in [1.29, 1.82) is 0 Å². The zero-order valence-corrected chi connectivity index (χ0v) is 14.7. The summed E-state index contributed by atoms with van der Waals surface area (Å²) in [5.41, 5.74) is 2.96. The maximum Gasteiger partial charge on any atom is 0.223 e. The number of nitrogens with one attached hydrogen (secondary N) is 1. The lowest BCUT2D eigenvalue weighted by molar-refractivity contribution is -0.130. The van der Waals surface area contributed by atoms with Gasteiger partial charge in [0.1, 0.15) is 0 Å². The molecule has 5 heteroatoms. The molecule has 1 atom stereocenters. The van der Waals surface area contributed by atoms with Crippen LogP contribution in [0.15, 0.2) is 54.7 Å². The number of carbonyl (C=O) groups is 2. The third-order valence-corrected chi connectivity index (χ3v) is 4.46. The second-order valence-corrected chi connectivity index (χ2v) is 6.43. The van der Waals surface area contributed by atoms with E-state index in [9.17, 15) is 9.59 Å². The minimum Gasteiger partial charge on any atom is -0.352 e. The summed E-state index contributed by atoms with van der Waals surface area (Å²) in [6.45, 7) is 1.92. The molecule has 0 saturated carbocycles. The molecule has 0 fully saturated rings. The van der Waals surface area contributed by atoms with Crippen molar-refractivity contribution < 1.29 is 9.59 Å². The molecule has 1 N–H and O–H groups in total. The summed E-state index contributed by atoms with van der Waals surface area (Å²) in [7, 11) is 0. The fourth-order valence-electron chi connectivity index (χ4n) is 3.01. The lowest BCUT2D eigenvalue weighted by Crippen LogP contribution is -2.35. The number of benzene rings is 2. The molecule has 0 bridgehead atoms. The molecule has 2 aromatic carbocycles. The summed E-state index contributed by atoms with van der Waals surface area (Å²) in [5, 5.41) is 3.54. The molecule has 3 rings (SSSR count). The summed E-state index contributed by atoms with van der Waals surface area (Å²) in [4.78, 5) is 26.0. The second-order valence-electron chi connectivity index (χ2n) is 6.00. The van der Waals surface area contributed by atoms with Crippen LogP contribution >= 0.6 is 11.6 Å². The van der Waals surface area contributed by atoms with Crippen molar-refractivity contribution in [3.05, 3.63) is 76.4 Å². The Labute approximate surface area is 152 Å². The quantitative estimate of drug-likeness (QED) is 0.904. The van der Waals surface area contributed by atoms with Gasteiger partial charge in [-0.2, -0.15) is 0 Å². The van der Waals surface area contributed by atoms with Gasteiger partial charge in [-0.05, 0) is 34.9 Å². The molecule has 1 aliphatic rings. The van der Waals surface area contributed by atoms with Crippen LogP contribution in [-0.2, 0) is 16.1 Å². The molecule has 25 heavy (non-hydrogen) atoms. The first kappa shape index (κ1) is 17.2. The first-order chi connectivity index (χ1) is 12.0. The van der Waals surface area contributed by atoms with E-state index in [-0.39, 0.29) is 24.3 Å². The van der Waals surface area contributed by atoms with E-state index in [1.165, 1.54) is 6.92 Å². The van der Waals surface area contributed by atoms with Crippen LogP contribution in [0.2, 0.25) is 5.02 Å². The zero-order valence-electron chi connectivity index (χ0n) is 13.9. The number of hydrogen-bond donors (Lipinski definition) is 1. The van der Waals surface area contributed by atoms with Crippen LogP contribution in [0.4, 0.5) is 0 Å². The molecule has 0 aromatic heterocycles. The van der Waals surface area contributed by atoms with E-state index in [0.29, 0.717) is 11.6 Å². The van der Waals surface area contributed by atoms with Crippen LogP contribution < -0.4 is 5.32 Å². The van der Waals surface area contributed by atoms with Crippen LogP contribution in [-0.4, -0.2) is 16.7 Å². The average molecular weight is 355 g/mol. The predicted octanol–water partition coefficient (Wildman–Crippen LogP) is 3.92. The van der Waals surface area contributed by atoms with Gasteiger partial charge < -0.3 is 10.2 Å². The van der Waals surface area contributed by atoms with Gasteiger partial charge in [0.25, 0.3) is 0 Å². The van der Waals surface area contributed by atoms with Gasteiger partial charge in [-0.15, -0.1) is 0 Å². The number of amides is 2. The third kappa shape index (κ3) is 4.09. The maximum absolute atomic E-state index is 12.4. The molecule has 2 aromatic rings. The molecule has 0 aliphatic carbocycles. The molecule has 1 aliphatic heterocycles. The number of rotatable bonds is 4. The van der Waals surface area contributed by atoms with E-state index in [1.807, 2.05) is 48.5 Å². The summed E-state index contributed by atoms with van der Waals surface area (Å²) in [6.07, 6.45) is 3.86. The van der Waals surface area contributed by atoms with Crippen LogP contribution in [0.5, 0.6) is 0 Å². The number of carbonyl (C=O) groups excluding carboxylic acids is 2. The molecule has 1 unspecified atom stereocenters. The van der Waals surface area contributed by atoms with Gasteiger partial charge in [-0.25, -0.2) is 0 Å². The molecule has 0 spiro atoms. The van der Waals surface area contributed by atoms with Crippen molar-refractivity contribution >= 4 is 29.5 Å². The predicted molar refractivity (Wildman–Crippen MR) is 98.7 cm³/mol. The Hall–Kier alpha value is -2.59. The fourth-order valence-corrected chi connectivity index (χ4v) is 3.22. The molecule has 1 heterocycles. The minimum absolute atomic E-state index is 0.0848. The Kier molecular flexibility index (Phi) is 5.19. The van der Waals surface area contributed by atoms with Crippen molar-refractivity contribution in [2.24, 2.45) is 0 Å². The lowest BCUT2D eigenvalue weighted by atomic mass is 9.93. The van der Waals surface area contributed by atoms with E-state index in [4.69, 9.17) is 11.6 Å². The highest BCUT2D eigenvalue weighted by molar-refractivity contribution is 6.30. The monoisotopic (exact) mass is 354 g/mol. The van der Waals surface area contributed by atoms with Crippen molar-refractivity contribution in [1.82, 2.24) is 10.2 Å². The van der Waals surface area contributed by atoms with Gasteiger partial charge in [0.2, 0.25) is 11.8 Å². The number of halogens is 1. The van der Waals surface area contributed by atoms with Crippen molar-refractivity contribution in [3.8, 4) is 0 Å². The SMILES string of the molecule is CC(=O)N1C=Cc2ccccc2C1CC(=O)NCc1cccc(Cl)c1. The van der Waals surface area contributed by atoms with E-state index in [2.05, 4.69) is 5.32 Å². The summed E-state index contributed by atoms with van der Waals surface area (Å²) in [5.74, 6) is -0.195. The highest BCUT2D eigenvalue weighted by Gasteiger charge is 2.27. The van der Waals surface area contributed by atoms with Crippen LogP contribution in [0, 0.1) is 0 Å². The van der Waals surface area contributed by atoms with E-state index in [1.54, 1.807) is 17.2 Å². The van der Waals surface area contributed by atoms with Crippen LogP contribution in [0.1, 0.15) is 36.1 Å². The van der Waals surface area contributed by atoms with Gasteiger partial charge in [-0.3, -0.25) is 9.59 Å². The smallest absolute Gasteiger partial charge is 0.223 e. The number of hydrogen-bond acceptors (Lipinski definition) is 2. The highest BCUT2D eigenvalue weighted by atomic mass is 35.5. The number of nitrogens with zero attached hydrogens (tertiary/aromatic N) is 1. The van der Waals surface area contributed by atoms with Crippen molar-refractivity contribution in [3.63, 3.8) is 0 Å². The molecule has 0 saturated heterocycles. The van der Waals surface area contributed by atoms with Gasteiger partial charge in [0.15, 0.2) is 0 Å². The molecular weight excluding hydrogens is 336 g/mol. The molecule has 2 amide bonds. The Bertz CT molecular complexity index is 832. The summed E-state index contributed by atoms with van der Waals surface area (Å²) in [6, 6.07) is 14.9. The first-order valence-electron chi connectivity index (χ1n) is 8.12. The lowest BCUT2D eigenvalue weighted by Gasteiger charge is -2.32. The van der Waals surface area contributed by atoms with Gasteiger partial charge >= 0.3 is 0 Å². The minimum atomic E-state index is -0.293. The van der Waals surface area contributed by atoms with Gasteiger partial charge in [0.05, 0.1) is 12.5 Å². The Morgan fingerprint density at radius 1 is 1.16 bits per heavy atom. The Morgan fingerprint density at radius 2 is 1.96 bits per heavy atom. The first-order valence-corrected chi connectivity index (χ1v) is 8.49. The van der Waals surface area contributed by atoms with E-state index < -0.39 is 0 Å². The zero-order chi connectivity index (χ0) is 17.8. The Balaban J connectivity index is 1.72. The van der Waals surface area contributed by atoms with Crippen molar-refractivity contribution in [2.45, 2.75) is 25.9 Å². The normalized spacial score (nSPS) is 15.6. The van der Waals surface area contributed by atoms with E-state index >= 15 is 0 Å². The Morgan fingerprint density at radius 3 is 2.72 bits per heavy atom. The maximum atomic E-state index is 12.4. The van der Waals surface area contributed by atoms with Crippen molar-refractivity contribution in [2.75, 3.05) is 0 Å². The molecule has 0 radical (unpaired) electrons. The largest absolute Gasteiger partial charge is 0.352 e. The van der Waals surface area contributed by atoms with Gasteiger partial charge in [-0.1, -0.05) is 48.0 Å². The second kappa shape index (κ2) is 7.53. The fraction of sp³-hybridized carbons (Fsp3) is 0.200. The molecule has 128 valence electrons.